The molecule has 0 aliphatic heterocycles. The van der Waals surface area contributed by atoms with Crippen LogP contribution in [0.4, 0.5) is 17.1 Å². The van der Waals surface area contributed by atoms with Crippen molar-refractivity contribution < 1.29 is 9.72 Å². The molecule has 0 aliphatic rings. The van der Waals surface area contributed by atoms with E-state index in [4.69, 9.17) is 23.2 Å². The summed E-state index contributed by atoms with van der Waals surface area (Å²) >= 11 is 13.2. The van der Waals surface area contributed by atoms with Crippen LogP contribution in [-0.2, 0) is 0 Å². The highest BCUT2D eigenvalue weighted by Gasteiger charge is 2.13. The van der Waals surface area contributed by atoms with Gasteiger partial charge in [0, 0.05) is 22.1 Å². The van der Waals surface area contributed by atoms with Crippen molar-refractivity contribution in [2.24, 2.45) is 0 Å². The minimum absolute atomic E-state index is 0.0176. The van der Waals surface area contributed by atoms with E-state index in [-0.39, 0.29) is 11.6 Å². The van der Waals surface area contributed by atoms with E-state index in [0.717, 1.165) is 4.90 Å². The van der Waals surface area contributed by atoms with E-state index in [0.29, 0.717) is 27.0 Å². The summed E-state index contributed by atoms with van der Waals surface area (Å²) in [7, 11) is 0. The van der Waals surface area contributed by atoms with Gasteiger partial charge in [0.2, 0.25) is 0 Å². The molecular formula is C19H13Cl2N3O3S. The van der Waals surface area contributed by atoms with Crippen molar-refractivity contribution in [3.63, 3.8) is 0 Å². The van der Waals surface area contributed by atoms with E-state index in [1.165, 1.54) is 24.1 Å². The highest BCUT2D eigenvalue weighted by Crippen LogP contribution is 2.28. The van der Waals surface area contributed by atoms with Crippen LogP contribution in [0.2, 0.25) is 10.0 Å². The smallest absolute Gasteiger partial charge is 0.269 e. The summed E-state index contributed by atoms with van der Waals surface area (Å²) in [4.78, 5) is 23.7. The first kappa shape index (κ1) is 20.0. The Kier molecular flexibility index (Phi) is 6.41. The first-order valence-corrected chi connectivity index (χ1v) is 9.54. The summed E-state index contributed by atoms with van der Waals surface area (Å²) in [6.07, 6.45) is 0. The predicted octanol–water partition coefficient (Wildman–Crippen LogP) is 6.27. The van der Waals surface area contributed by atoms with Gasteiger partial charge in [-0.2, -0.15) is 0 Å². The highest BCUT2D eigenvalue weighted by atomic mass is 35.5. The van der Waals surface area contributed by atoms with E-state index >= 15 is 0 Å². The van der Waals surface area contributed by atoms with Crippen LogP contribution in [0.25, 0.3) is 0 Å². The van der Waals surface area contributed by atoms with Gasteiger partial charge in [-0.1, -0.05) is 35.3 Å². The van der Waals surface area contributed by atoms with Crippen LogP contribution >= 0.6 is 35.1 Å². The number of carbonyl (C=O) groups is 1. The first-order valence-electron chi connectivity index (χ1n) is 7.97. The lowest BCUT2D eigenvalue weighted by molar-refractivity contribution is -0.384. The molecule has 1 amide bonds. The number of hydrogen-bond donors (Lipinski definition) is 2. The number of hydrogen-bond acceptors (Lipinski definition) is 5. The molecule has 3 rings (SSSR count). The number of nitro benzene ring substituents is 1. The second-order valence-corrected chi connectivity index (χ2v) is 7.30. The van der Waals surface area contributed by atoms with Crippen molar-refractivity contribution in [2.45, 2.75) is 4.90 Å². The molecule has 0 bridgehead atoms. The van der Waals surface area contributed by atoms with Crippen LogP contribution in [0.15, 0.2) is 71.6 Å². The molecule has 0 saturated heterocycles. The minimum Gasteiger partial charge on any atom is -0.325 e. The molecule has 0 fully saturated rings. The minimum atomic E-state index is -0.455. The predicted molar refractivity (Wildman–Crippen MR) is 113 cm³/mol. The molecule has 9 heteroatoms. The molecule has 0 aliphatic carbocycles. The Morgan fingerprint density at radius 2 is 1.68 bits per heavy atom. The van der Waals surface area contributed by atoms with Crippen molar-refractivity contribution in [3.8, 4) is 0 Å². The standard InChI is InChI=1S/C19H13Cl2N3O3S/c20-12-5-10-18(16(21)11-12)22-19(25)15-3-1-2-4-17(15)23-28-14-8-6-13(7-9-14)24(26)27/h1-11,23H,(H,22,25). The van der Waals surface area contributed by atoms with Gasteiger partial charge >= 0.3 is 0 Å². The molecule has 0 spiro atoms. The van der Waals surface area contributed by atoms with Gasteiger partial charge in [0.1, 0.15) is 0 Å². The van der Waals surface area contributed by atoms with Gasteiger partial charge in [-0.15, -0.1) is 0 Å². The number of nitrogens with one attached hydrogen (secondary N) is 2. The number of nitrogens with zero attached hydrogens (tertiary/aromatic N) is 1. The molecule has 2 N–H and O–H groups in total. The second kappa shape index (κ2) is 8.97. The van der Waals surface area contributed by atoms with Gasteiger partial charge in [-0.05, 0) is 54.4 Å². The van der Waals surface area contributed by atoms with Crippen LogP contribution in [-0.4, -0.2) is 10.8 Å². The molecule has 0 heterocycles. The van der Waals surface area contributed by atoms with E-state index in [9.17, 15) is 14.9 Å². The number of amides is 1. The lowest BCUT2D eigenvalue weighted by Crippen LogP contribution is -2.13. The molecular weight excluding hydrogens is 421 g/mol. The van der Waals surface area contributed by atoms with E-state index in [1.54, 1.807) is 54.6 Å². The van der Waals surface area contributed by atoms with Crippen molar-refractivity contribution in [3.05, 3.63) is 92.5 Å². The Morgan fingerprint density at radius 3 is 2.36 bits per heavy atom. The number of nitro groups is 1. The Balaban J connectivity index is 1.73. The van der Waals surface area contributed by atoms with Gasteiger partial charge < -0.3 is 10.0 Å². The number of rotatable bonds is 6. The molecule has 142 valence electrons. The van der Waals surface area contributed by atoms with Gasteiger partial charge in [-0.3, -0.25) is 14.9 Å². The quantitative estimate of drug-likeness (QED) is 0.271. The van der Waals surface area contributed by atoms with E-state index in [1.807, 2.05) is 0 Å². The van der Waals surface area contributed by atoms with Crippen molar-refractivity contribution in [1.82, 2.24) is 0 Å². The largest absolute Gasteiger partial charge is 0.325 e. The number of para-hydroxylation sites is 1. The zero-order chi connectivity index (χ0) is 20.1. The fourth-order valence-corrected chi connectivity index (χ4v) is 3.43. The monoisotopic (exact) mass is 433 g/mol. The molecule has 0 aromatic heterocycles. The van der Waals surface area contributed by atoms with Crippen molar-refractivity contribution >= 4 is 58.1 Å². The van der Waals surface area contributed by atoms with Crippen LogP contribution in [0.3, 0.4) is 0 Å². The average molecular weight is 434 g/mol. The summed E-state index contributed by atoms with van der Waals surface area (Å²) in [5, 5.41) is 14.3. The fraction of sp³-hybridized carbons (Fsp3) is 0. The Hall–Kier alpha value is -2.74. The lowest BCUT2D eigenvalue weighted by atomic mass is 10.1. The summed E-state index contributed by atoms with van der Waals surface area (Å²) in [6.45, 7) is 0. The van der Waals surface area contributed by atoms with Crippen molar-refractivity contribution in [1.29, 1.82) is 0 Å². The number of benzene rings is 3. The van der Waals surface area contributed by atoms with Crippen LogP contribution < -0.4 is 10.0 Å². The maximum atomic E-state index is 12.7. The van der Waals surface area contributed by atoms with E-state index < -0.39 is 4.92 Å². The van der Waals surface area contributed by atoms with E-state index in [2.05, 4.69) is 10.0 Å². The maximum absolute atomic E-state index is 12.7. The number of carbonyl (C=O) groups excluding carboxylic acids is 1. The van der Waals surface area contributed by atoms with Gasteiger partial charge in [0.15, 0.2) is 0 Å². The number of anilines is 2. The third-order valence-corrected chi connectivity index (χ3v) is 5.06. The summed E-state index contributed by atoms with van der Waals surface area (Å²) in [5.74, 6) is -0.336. The topological polar surface area (TPSA) is 84.3 Å². The first-order chi connectivity index (χ1) is 13.4. The molecule has 0 unspecified atom stereocenters. The Labute approximate surface area is 175 Å². The SMILES string of the molecule is O=C(Nc1ccc(Cl)cc1Cl)c1ccccc1NSc1ccc([N+](=O)[O-])cc1. The molecule has 3 aromatic carbocycles. The third-order valence-electron chi connectivity index (χ3n) is 3.68. The normalized spacial score (nSPS) is 10.4. The Bertz CT molecular complexity index is 1030. The van der Waals surface area contributed by atoms with Crippen LogP contribution in [0, 0.1) is 10.1 Å². The highest BCUT2D eigenvalue weighted by molar-refractivity contribution is 8.00. The van der Waals surface area contributed by atoms with Gasteiger partial charge in [0.05, 0.1) is 26.9 Å². The molecule has 28 heavy (non-hydrogen) atoms. The average Bonchev–Trinajstić information content (AvgIpc) is 2.69. The Morgan fingerprint density at radius 1 is 0.964 bits per heavy atom. The maximum Gasteiger partial charge on any atom is 0.269 e. The fourth-order valence-electron chi connectivity index (χ4n) is 2.30. The summed E-state index contributed by atoms with van der Waals surface area (Å²) in [6, 6.07) is 17.9. The molecule has 0 saturated carbocycles. The second-order valence-electron chi connectivity index (χ2n) is 5.58. The van der Waals surface area contributed by atoms with Gasteiger partial charge in [-0.25, -0.2) is 0 Å². The zero-order valence-electron chi connectivity index (χ0n) is 14.2. The zero-order valence-corrected chi connectivity index (χ0v) is 16.5. The van der Waals surface area contributed by atoms with Crippen molar-refractivity contribution in [2.75, 3.05) is 10.0 Å². The summed E-state index contributed by atoms with van der Waals surface area (Å²) < 4.78 is 3.10. The molecule has 6 nitrogen and oxygen atoms in total. The third kappa shape index (κ3) is 4.95. The van der Waals surface area contributed by atoms with Crippen LogP contribution in [0.1, 0.15) is 10.4 Å². The number of halogens is 2. The van der Waals surface area contributed by atoms with Crippen LogP contribution in [0.5, 0.6) is 0 Å². The molecule has 0 atom stereocenters. The van der Waals surface area contributed by atoms with Gasteiger partial charge in [0.25, 0.3) is 11.6 Å². The molecule has 0 radical (unpaired) electrons. The molecule has 3 aromatic rings. The summed E-state index contributed by atoms with van der Waals surface area (Å²) in [5.41, 5.74) is 1.48. The lowest BCUT2D eigenvalue weighted by Gasteiger charge is -2.12. The number of non-ortho nitro benzene ring substituents is 1.